The number of hydrogen-bond acceptors (Lipinski definition) is 6. The van der Waals surface area contributed by atoms with Crippen LogP contribution in [0.1, 0.15) is 10.4 Å². The molecule has 0 bridgehead atoms. The molecule has 0 aliphatic heterocycles. The van der Waals surface area contributed by atoms with Gasteiger partial charge in [-0.2, -0.15) is 0 Å². The van der Waals surface area contributed by atoms with Crippen molar-refractivity contribution in [3.05, 3.63) is 66.5 Å². The van der Waals surface area contributed by atoms with Crippen LogP contribution < -0.4 is 10.1 Å². The molecule has 144 valence electrons. The van der Waals surface area contributed by atoms with Gasteiger partial charge >= 0.3 is 5.97 Å². The lowest BCUT2D eigenvalue weighted by Gasteiger charge is -2.09. The number of amides is 1. The number of rotatable bonds is 7. The summed E-state index contributed by atoms with van der Waals surface area (Å²) in [5.74, 6) is 0.297. The first kappa shape index (κ1) is 19.5. The van der Waals surface area contributed by atoms with Crippen molar-refractivity contribution >= 4 is 29.3 Å². The Kier molecular flexibility index (Phi) is 6.33. The molecular weight excluding hydrogens is 378 g/mol. The lowest BCUT2D eigenvalue weighted by Crippen LogP contribution is -2.15. The van der Waals surface area contributed by atoms with Gasteiger partial charge in [-0.3, -0.25) is 9.36 Å². The fraction of sp³-hybridized carbons (Fsp3) is 0.150. The fourth-order valence-electron chi connectivity index (χ4n) is 2.50. The number of carbonyl (C=O) groups excluding carboxylic acids is 2. The van der Waals surface area contributed by atoms with E-state index in [-0.39, 0.29) is 11.7 Å². The zero-order valence-electron chi connectivity index (χ0n) is 15.4. The maximum absolute atomic E-state index is 12.3. The van der Waals surface area contributed by atoms with Gasteiger partial charge in [0.25, 0.3) is 0 Å². The zero-order chi connectivity index (χ0) is 19.9. The summed E-state index contributed by atoms with van der Waals surface area (Å²) in [5, 5.41) is 3.47. The number of nitrogens with zero attached hydrogens (tertiary/aromatic N) is 2. The van der Waals surface area contributed by atoms with E-state index in [0.29, 0.717) is 16.4 Å². The van der Waals surface area contributed by atoms with Crippen molar-refractivity contribution in [1.29, 1.82) is 0 Å². The number of aromatic nitrogens is 2. The summed E-state index contributed by atoms with van der Waals surface area (Å²) >= 11 is 1.32. The summed E-state index contributed by atoms with van der Waals surface area (Å²) in [4.78, 5) is 28.2. The van der Waals surface area contributed by atoms with E-state index in [4.69, 9.17) is 4.74 Å². The van der Waals surface area contributed by atoms with Crippen LogP contribution in [0.3, 0.4) is 0 Å². The number of anilines is 1. The van der Waals surface area contributed by atoms with E-state index in [1.54, 1.807) is 37.6 Å². The van der Waals surface area contributed by atoms with Gasteiger partial charge in [0.15, 0.2) is 5.16 Å². The van der Waals surface area contributed by atoms with Gasteiger partial charge in [0.05, 0.1) is 25.5 Å². The van der Waals surface area contributed by atoms with E-state index >= 15 is 0 Å². The van der Waals surface area contributed by atoms with Gasteiger partial charge < -0.3 is 14.8 Å². The average Bonchev–Trinajstić information content (AvgIpc) is 3.20. The molecule has 0 saturated carbocycles. The second-order valence-corrected chi connectivity index (χ2v) is 6.63. The van der Waals surface area contributed by atoms with Crippen LogP contribution in [0.2, 0.25) is 0 Å². The van der Waals surface area contributed by atoms with Crippen molar-refractivity contribution < 1.29 is 19.1 Å². The number of esters is 1. The highest BCUT2D eigenvalue weighted by Crippen LogP contribution is 2.22. The number of carbonyl (C=O) groups is 2. The van der Waals surface area contributed by atoms with Crippen molar-refractivity contribution in [1.82, 2.24) is 9.55 Å². The van der Waals surface area contributed by atoms with Crippen molar-refractivity contribution in [3.63, 3.8) is 0 Å². The molecule has 1 amide bonds. The molecule has 8 heteroatoms. The molecule has 1 heterocycles. The maximum Gasteiger partial charge on any atom is 0.337 e. The van der Waals surface area contributed by atoms with Gasteiger partial charge in [0, 0.05) is 23.8 Å². The molecule has 0 unspecified atom stereocenters. The second-order valence-electron chi connectivity index (χ2n) is 5.69. The Bertz CT molecular complexity index is 970. The van der Waals surface area contributed by atoms with Gasteiger partial charge in [0.1, 0.15) is 5.75 Å². The van der Waals surface area contributed by atoms with Crippen LogP contribution in [-0.4, -0.2) is 41.4 Å². The summed E-state index contributed by atoms with van der Waals surface area (Å²) in [7, 11) is 2.93. The first-order valence-electron chi connectivity index (χ1n) is 8.39. The Morgan fingerprint density at radius 1 is 1.14 bits per heavy atom. The molecule has 1 N–H and O–H groups in total. The summed E-state index contributed by atoms with van der Waals surface area (Å²) < 4.78 is 11.8. The van der Waals surface area contributed by atoms with Crippen LogP contribution in [0.15, 0.2) is 66.1 Å². The van der Waals surface area contributed by atoms with Crippen LogP contribution in [-0.2, 0) is 9.53 Å². The number of ether oxygens (including phenoxy) is 2. The average molecular weight is 397 g/mol. The number of imidazole rings is 1. The third kappa shape index (κ3) is 4.72. The predicted molar refractivity (Wildman–Crippen MR) is 107 cm³/mol. The van der Waals surface area contributed by atoms with Crippen LogP contribution in [0.5, 0.6) is 5.75 Å². The molecule has 3 aromatic rings. The van der Waals surface area contributed by atoms with Crippen molar-refractivity contribution in [3.8, 4) is 11.4 Å². The zero-order valence-corrected chi connectivity index (χ0v) is 16.2. The SMILES string of the molecule is COC(=O)c1cccc(NC(=O)CSc2nccn2-c2ccc(OC)cc2)c1. The first-order valence-corrected chi connectivity index (χ1v) is 9.38. The first-order chi connectivity index (χ1) is 13.6. The van der Waals surface area contributed by atoms with Gasteiger partial charge in [-0.1, -0.05) is 17.8 Å². The number of nitrogens with one attached hydrogen (secondary N) is 1. The van der Waals surface area contributed by atoms with E-state index in [1.807, 2.05) is 35.0 Å². The Morgan fingerprint density at radius 3 is 2.64 bits per heavy atom. The third-order valence-electron chi connectivity index (χ3n) is 3.86. The Hall–Kier alpha value is -3.26. The van der Waals surface area contributed by atoms with Crippen LogP contribution in [0.4, 0.5) is 5.69 Å². The number of benzene rings is 2. The highest BCUT2D eigenvalue weighted by atomic mass is 32.2. The largest absolute Gasteiger partial charge is 0.497 e. The maximum atomic E-state index is 12.3. The monoisotopic (exact) mass is 397 g/mol. The van der Waals surface area contributed by atoms with E-state index in [2.05, 4.69) is 15.0 Å². The second kappa shape index (κ2) is 9.09. The van der Waals surface area contributed by atoms with Crippen molar-refractivity contribution in [2.24, 2.45) is 0 Å². The number of hydrogen-bond donors (Lipinski definition) is 1. The molecule has 3 rings (SSSR count). The van der Waals surface area contributed by atoms with Gasteiger partial charge in [-0.05, 0) is 42.5 Å². The van der Waals surface area contributed by atoms with Gasteiger partial charge in [-0.25, -0.2) is 9.78 Å². The molecule has 0 atom stereocenters. The fourth-order valence-corrected chi connectivity index (χ4v) is 3.28. The molecular formula is C20H19N3O4S. The lowest BCUT2D eigenvalue weighted by atomic mass is 10.2. The Labute approximate surface area is 166 Å². The molecule has 1 aromatic heterocycles. The number of methoxy groups -OCH3 is 2. The lowest BCUT2D eigenvalue weighted by molar-refractivity contribution is -0.113. The Morgan fingerprint density at radius 2 is 1.93 bits per heavy atom. The quantitative estimate of drug-likeness (QED) is 0.486. The highest BCUT2D eigenvalue weighted by molar-refractivity contribution is 7.99. The normalized spacial score (nSPS) is 10.4. The molecule has 7 nitrogen and oxygen atoms in total. The minimum atomic E-state index is -0.452. The van der Waals surface area contributed by atoms with Gasteiger partial charge in [-0.15, -0.1) is 0 Å². The molecule has 0 fully saturated rings. The van der Waals surface area contributed by atoms with E-state index in [0.717, 1.165) is 11.4 Å². The Balaban J connectivity index is 1.63. The third-order valence-corrected chi connectivity index (χ3v) is 4.82. The smallest absolute Gasteiger partial charge is 0.337 e. The molecule has 0 aliphatic carbocycles. The minimum Gasteiger partial charge on any atom is -0.497 e. The highest BCUT2D eigenvalue weighted by Gasteiger charge is 2.11. The number of thioether (sulfide) groups is 1. The van der Waals surface area contributed by atoms with Crippen LogP contribution in [0, 0.1) is 0 Å². The molecule has 0 radical (unpaired) electrons. The van der Waals surface area contributed by atoms with Gasteiger partial charge in [0.2, 0.25) is 5.91 Å². The van der Waals surface area contributed by atoms with E-state index < -0.39 is 5.97 Å². The van der Waals surface area contributed by atoms with Crippen LogP contribution in [0.25, 0.3) is 5.69 Å². The summed E-state index contributed by atoms with van der Waals surface area (Å²) in [6.45, 7) is 0. The molecule has 28 heavy (non-hydrogen) atoms. The summed E-state index contributed by atoms with van der Waals surface area (Å²) in [6, 6.07) is 14.2. The van der Waals surface area contributed by atoms with Crippen molar-refractivity contribution in [2.45, 2.75) is 5.16 Å². The molecule has 0 spiro atoms. The molecule has 2 aromatic carbocycles. The summed E-state index contributed by atoms with van der Waals surface area (Å²) in [5.41, 5.74) is 1.84. The summed E-state index contributed by atoms with van der Waals surface area (Å²) in [6.07, 6.45) is 3.52. The topological polar surface area (TPSA) is 82.5 Å². The molecule has 0 saturated heterocycles. The minimum absolute atomic E-state index is 0.176. The standard InChI is InChI=1S/C20H19N3O4S/c1-26-17-8-6-16(7-9-17)23-11-10-21-20(23)28-13-18(24)22-15-5-3-4-14(12-15)19(25)27-2/h3-12H,13H2,1-2H3,(H,22,24). The van der Waals surface area contributed by atoms with E-state index in [1.165, 1.54) is 18.9 Å². The predicted octanol–water partition coefficient (Wildman–Crippen LogP) is 3.40. The molecule has 0 aliphatic rings. The van der Waals surface area contributed by atoms with Crippen LogP contribution >= 0.6 is 11.8 Å². The van der Waals surface area contributed by atoms with Crippen molar-refractivity contribution in [2.75, 3.05) is 25.3 Å². The van der Waals surface area contributed by atoms with E-state index in [9.17, 15) is 9.59 Å².